The summed E-state index contributed by atoms with van der Waals surface area (Å²) in [4.78, 5) is 2.23. The van der Waals surface area contributed by atoms with E-state index < -0.39 is 5.60 Å². The molecule has 0 atom stereocenters. The van der Waals surface area contributed by atoms with Crippen molar-refractivity contribution in [1.29, 1.82) is 0 Å². The molecule has 1 aliphatic heterocycles. The Morgan fingerprint density at radius 2 is 1.94 bits per heavy atom. The molecule has 0 amide bonds. The molecule has 1 saturated heterocycles. The number of nitrogens with zero attached hydrogens (tertiary/aromatic N) is 1. The van der Waals surface area contributed by atoms with Gasteiger partial charge in [-0.3, -0.25) is 0 Å². The molecule has 1 heterocycles. The van der Waals surface area contributed by atoms with Crippen LogP contribution in [0.25, 0.3) is 0 Å². The van der Waals surface area contributed by atoms with Gasteiger partial charge in [-0.1, -0.05) is 29.3 Å². The minimum Gasteiger partial charge on any atom is -0.389 e. The molecule has 94 valence electrons. The highest BCUT2D eigenvalue weighted by Crippen LogP contribution is 2.30. The van der Waals surface area contributed by atoms with E-state index in [1.165, 1.54) is 0 Å². The van der Waals surface area contributed by atoms with Crippen molar-refractivity contribution in [3.05, 3.63) is 33.8 Å². The van der Waals surface area contributed by atoms with Gasteiger partial charge in [0.25, 0.3) is 0 Å². The van der Waals surface area contributed by atoms with E-state index in [-0.39, 0.29) is 0 Å². The molecule has 0 aliphatic carbocycles. The lowest BCUT2D eigenvalue weighted by Crippen LogP contribution is -2.44. The van der Waals surface area contributed by atoms with E-state index in [1.54, 1.807) is 6.07 Å². The highest BCUT2D eigenvalue weighted by Gasteiger charge is 2.31. The maximum absolute atomic E-state index is 10.5. The summed E-state index contributed by atoms with van der Waals surface area (Å²) in [6, 6.07) is 5.46. The topological polar surface area (TPSA) is 23.5 Å². The molecule has 17 heavy (non-hydrogen) atoms. The van der Waals surface area contributed by atoms with Crippen LogP contribution in [-0.2, 0) is 6.42 Å². The Morgan fingerprint density at radius 1 is 1.29 bits per heavy atom. The van der Waals surface area contributed by atoms with Gasteiger partial charge in [0.2, 0.25) is 0 Å². The first-order valence-electron chi connectivity index (χ1n) is 5.83. The summed E-state index contributed by atoms with van der Waals surface area (Å²) in [7, 11) is 2.08. The van der Waals surface area contributed by atoms with Crippen molar-refractivity contribution in [1.82, 2.24) is 4.90 Å². The smallest absolute Gasteiger partial charge is 0.0712 e. The maximum Gasteiger partial charge on any atom is 0.0712 e. The molecule has 0 radical (unpaired) electrons. The van der Waals surface area contributed by atoms with Crippen LogP contribution in [0, 0.1) is 0 Å². The molecule has 2 rings (SSSR count). The van der Waals surface area contributed by atoms with Crippen LogP contribution in [0.15, 0.2) is 18.2 Å². The first kappa shape index (κ1) is 13.2. The van der Waals surface area contributed by atoms with Gasteiger partial charge in [0.1, 0.15) is 0 Å². The zero-order valence-corrected chi connectivity index (χ0v) is 11.4. The monoisotopic (exact) mass is 273 g/mol. The summed E-state index contributed by atoms with van der Waals surface area (Å²) in [6.45, 7) is 1.86. The highest BCUT2D eigenvalue weighted by atomic mass is 35.5. The molecule has 0 unspecified atom stereocenters. The molecule has 1 fully saturated rings. The van der Waals surface area contributed by atoms with E-state index >= 15 is 0 Å². The van der Waals surface area contributed by atoms with Crippen LogP contribution in [0.1, 0.15) is 18.4 Å². The average molecular weight is 274 g/mol. The van der Waals surface area contributed by atoms with Crippen molar-refractivity contribution in [2.75, 3.05) is 20.1 Å². The molecule has 1 aliphatic rings. The second kappa shape index (κ2) is 5.15. The quantitative estimate of drug-likeness (QED) is 0.896. The summed E-state index contributed by atoms with van der Waals surface area (Å²) in [5, 5.41) is 11.8. The maximum atomic E-state index is 10.5. The van der Waals surface area contributed by atoms with E-state index in [1.807, 2.05) is 12.1 Å². The highest BCUT2D eigenvalue weighted by molar-refractivity contribution is 6.35. The number of piperidine rings is 1. The van der Waals surface area contributed by atoms with Crippen molar-refractivity contribution in [3.63, 3.8) is 0 Å². The lowest BCUT2D eigenvalue weighted by molar-refractivity contribution is -0.0150. The minimum absolute atomic E-state index is 0.608. The van der Waals surface area contributed by atoms with Gasteiger partial charge < -0.3 is 10.0 Å². The molecule has 0 spiro atoms. The van der Waals surface area contributed by atoms with E-state index in [4.69, 9.17) is 23.2 Å². The predicted molar refractivity (Wildman–Crippen MR) is 71.8 cm³/mol. The van der Waals surface area contributed by atoms with Gasteiger partial charge in [0, 0.05) is 29.6 Å². The number of aliphatic hydroxyl groups is 1. The van der Waals surface area contributed by atoms with Crippen molar-refractivity contribution >= 4 is 23.2 Å². The molecular formula is C13H17Cl2NO. The Labute approximate surface area is 112 Å². The Kier molecular flexibility index (Phi) is 3.99. The van der Waals surface area contributed by atoms with Crippen LogP contribution in [0.4, 0.5) is 0 Å². The molecule has 0 bridgehead atoms. The number of hydrogen-bond acceptors (Lipinski definition) is 2. The van der Waals surface area contributed by atoms with Gasteiger partial charge in [-0.25, -0.2) is 0 Å². The Morgan fingerprint density at radius 3 is 2.53 bits per heavy atom. The summed E-state index contributed by atoms with van der Waals surface area (Å²) in [5.41, 5.74) is 0.354. The van der Waals surface area contributed by atoms with Gasteiger partial charge >= 0.3 is 0 Å². The standard InChI is InChI=1S/C13H17Cl2NO/c1-16-6-4-13(17,5-7-16)9-10-2-3-11(14)8-12(10)15/h2-3,8,17H,4-7,9H2,1H3. The van der Waals surface area contributed by atoms with Crippen molar-refractivity contribution in [2.45, 2.75) is 24.9 Å². The SMILES string of the molecule is CN1CCC(O)(Cc2ccc(Cl)cc2Cl)CC1. The first-order chi connectivity index (χ1) is 7.98. The van der Waals surface area contributed by atoms with Crippen molar-refractivity contribution < 1.29 is 5.11 Å². The number of benzene rings is 1. The Bertz CT molecular complexity index is 400. The number of halogens is 2. The lowest BCUT2D eigenvalue weighted by atomic mass is 9.85. The summed E-state index contributed by atoms with van der Waals surface area (Å²) in [6.07, 6.45) is 2.20. The van der Waals surface area contributed by atoms with Crippen LogP contribution < -0.4 is 0 Å². The second-order valence-corrected chi connectivity index (χ2v) is 5.78. The van der Waals surface area contributed by atoms with Crippen molar-refractivity contribution in [2.24, 2.45) is 0 Å². The molecule has 0 aromatic heterocycles. The third-order valence-electron chi connectivity index (χ3n) is 3.45. The lowest BCUT2D eigenvalue weighted by Gasteiger charge is -2.36. The Balaban J connectivity index is 2.09. The zero-order valence-electron chi connectivity index (χ0n) is 9.92. The molecule has 4 heteroatoms. The molecule has 1 N–H and O–H groups in total. The molecule has 0 saturated carbocycles. The summed E-state index contributed by atoms with van der Waals surface area (Å²) < 4.78 is 0. The first-order valence-corrected chi connectivity index (χ1v) is 6.59. The van der Waals surface area contributed by atoms with Gasteiger partial charge in [-0.15, -0.1) is 0 Å². The van der Waals surface area contributed by atoms with E-state index in [9.17, 15) is 5.11 Å². The van der Waals surface area contributed by atoms with Gasteiger partial charge in [-0.05, 0) is 37.6 Å². The molecule has 1 aromatic carbocycles. The minimum atomic E-state index is -0.621. The predicted octanol–water partition coefficient (Wildman–Crippen LogP) is 2.99. The third-order valence-corrected chi connectivity index (χ3v) is 4.04. The fourth-order valence-corrected chi connectivity index (χ4v) is 2.71. The number of hydrogen-bond donors (Lipinski definition) is 1. The van der Waals surface area contributed by atoms with Gasteiger partial charge in [-0.2, -0.15) is 0 Å². The molecule has 1 aromatic rings. The second-order valence-electron chi connectivity index (χ2n) is 4.94. The van der Waals surface area contributed by atoms with E-state index in [0.29, 0.717) is 16.5 Å². The van der Waals surface area contributed by atoms with Crippen LogP contribution in [0.3, 0.4) is 0 Å². The number of rotatable bonds is 2. The van der Waals surface area contributed by atoms with Crippen LogP contribution >= 0.6 is 23.2 Å². The fourth-order valence-electron chi connectivity index (χ4n) is 2.23. The molecule has 2 nitrogen and oxygen atoms in total. The summed E-state index contributed by atoms with van der Waals surface area (Å²) >= 11 is 12.0. The largest absolute Gasteiger partial charge is 0.389 e. The summed E-state index contributed by atoms with van der Waals surface area (Å²) in [5.74, 6) is 0. The van der Waals surface area contributed by atoms with Crippen molar-refractivity contribution in [3.8, 4) is 0 Å². The van der Waals surface area contributed by atoms with E-state index in [0.717, 1.165) is 31.5 Å². The third kappa shape index (κ3) is 3.35. The fraction of sp³-hybridized carbons (Fsp3) is 0.538. The van der Waals surface area contributed by atoms with Gasteiger partial charge in [0.15, 0.2) is 0 Å². The van der Waals surface area contributed by atoms with Gasteiger partial charge in [0.05, 0.1) is 5.60 Å². The van der Waals surface area contributed by atoms with Crippen LogP contribution in [-0.4, -0.2) is 35.7 Å². The van der Waals surface area contributed by atoms with Crippen LogP contribution in [0.2, 0.25) is 10.0 Å². The average Bonchev–Trinajstić information content (AvgIpc) is 2.27. The molecular weight excluding hydrogens is 257 g/mol. The normalized spacial score (nSPS) is 20.5. The van der Waals surface area contributed by atoms with E-state index in [2.05, 4.69) is 11.9 Å². The Hall–Kier alpha value is -0.280. The van der Waals surface area contributed by atoms with Crippen LogP contribution in [0.5, 0.6) is 0 Å². The zero-order chi connectivity index (χ0) is 12.5. The number of likely N-dealkylation sites (tertiary alicyclic amines) is 1.